The summed E-state index contributed by atoms with van der Waals surface area (Å²) in [5, 5.41) is 15.1. The number of phenolic OH excluding ortho intramolecular Hbond substituents is 1. The van der Waals surface area contributed by atoms with Crippen molar-refractivity contribution in [1.82, 2.24) is 10.7 Å². The number of nitrogens with one attached hydrogen (secondary N) is 2. The van der Waals surface area contributed by atoms with E-state index in [1.807, 2.05) is 5.43 Å². The summed E-state index contributed by atoms with van der Waals surface area (Å²) < 4.78 is 4.91. The van der Waals surface area contributed by atoms with E-state index in [1.54, 1.807) is 6.07 Å². The van der Waals surface area contributed by atoms with E-state index in [0.717, 1.165) is 0 Å². The third-order valence-electron chi connectivity index (χ3n) is 2.02. The molecule has 0 bridgehead atoms. The van der Waals surface area contributed by atoms with E-state index in [2.05, 4.69) is 10.4 Å². The zero-order chi connectivity index (χ0) is 13.5. The van der Waals surface area contributed by atoms with Crippen LogP contribution in [0.3, 0.4) is 0 Å². The van der Waals surface area contributed by atoms with Gasteiger partial charge in [0.15, 0.2) is 11.5 Å². The van der Waals surface area contributed by atoms with Crippen LogP contribution in [0.15, 0.2) is 23.3 Å². The largest absolute Gasteiger partial charge is 0.504 e. The first-order valence-corrected chi connectivity index (χ1v) is 5.00. The van der Waals surface area contributed by atoms with E-state index in [4.69, 9.17) is 4.74 Å². The van der Waals surface area contributed by atoms with Gasteiger partial charge in [-0.15, -0.1) is 0 Å². The summed E-state index contributed by atoms with van der Waals surface area (Å²) in [5.74, 6) is -1.35. The number of rotatable bonds is 3. The van der Waals surface area contributed by atoms with Gasteiger partial charge in [-0.1, -0.05) is 0 Å². The van der Waals surface area contributed by atoms with Gasteiger partial charge in [-0.05, 0) is 23.8 Å². The number of phenols is 1. The molecule has 7 nitrogen and oxygen atoms in total. The van der Waals surface area contributed by atoms with Crippen LogP contribution in [0.25, 0.3) is 0 Å². The van der Waals surface area contributed by atoms with Crippen LogP contribution in [0.1, 0.15) is 5.56 Å². The lowest BCUT2D eigenvalue weighted by molar-refractivity contribution is -0.138. The van der Waals surface area contributed by atoms with Crippen LogP contribution in [0.4, 0.5) is 0 Å². The SMILES string of the molecule is CNC(=O)C(=O)N/N=C\c1ccc(O)c(OC)c1. The van der Waals surface area contributed by atoms with Crippen molar-refractivity contribution in [3.05, 3.63) is 23.8 Å². The van der Waals surface area contributed by atoms with Gasteiger partial charge in [0.25, 0.3) is 0 Å². The number of likely N-dealkylation sites (N-methyl/N-ethyl adjacent to an activating group) is 1. The molecule has 1 rings (SSSR count). The Labute approximate surface area is 103 Å². The van der Waals surface area contributed by atoms with Crippen molar-refractivity contribution in [2.45, 2.75) is 0 Å². The highest BCUT2D eigenvalue weighted by molar-refractivity contribution is 6.34. The predicted octanol–water partition coefficient (Wildman–Crippen LogP) is -0.403. The zero-order valence-corrected chi connectivity index (χ0v) is 9.93. The van der Waals surface area contributed by atoms with E-state index in [0.29, 0.717) is 5.56 Å². The van der Waals surface area contributed by atoms with Crippen LogP contribution in [0.2, 0.25) is 0 Å². The number of benzene rings is 1. The summed E-state index contributed by atoms with van der Waals surface area (Å²) in [7, 11) is 2.76. The third-order valence-corrected chi connectivity index (χ3v) is 2.02. The maximum atomic E-state index is 11.0. The van der Waals surface area contributed by atoms with E-state index in [-0.39, 0.29) is 11.5 Å². The maximum Gasteiger partial charge on any atom is 0.329 e. The monoisotopic (exact) mass is 251 g/mol. The van der Waals surface area contributed by atoms with Gasteiger partial charge < -0.3 is 15.2 Å². The van der Waals surface area contributed by atoms with Crippen LogP contribution >= 0.6 is 0 Å². The number of carbonyl (C=O) groups is 2. The number of hydrogen-bond acceptors (Lipinski definition) is 5. The fourth-order valence-corrected chi connectivity index (χ4v) is 1.10. The highest BCUT2D eigenvalue weighted by Gasteiger charge is 2.08. The number of hydrogen-bond donors (Lipinski definition) is 3. The Morgan fingerprint density at radius 1 is 1.39 bits per heavy atom. The summed E-state index contributed by atoms with van der Waals surface area (Å²) >= 11 is 0. The van der Waals surface area contributed by atoms with E-state index in [9.17, 15) is 14.7 Å². The molecule has 0 atom stereocenters. The quantitative estimate of drug-likeness (QED) is 0.386. The molecule has 0 fully saturated rings. The predicted molar refractivity (Wildman–Crippen MR) is 64.5 cm³/mol. The number of carbonyl (C=O) groups excluding carboxylic acids is 2. The standard InChI is InChI=1S/C11H13N3O4/c1-12-10(16)11(17)14-13-6-7-3-4-8(15)9(5-7)18-2/h3-6,15H,1-2H3,(H,12,16)(H,14,17)/b13-6-. The number of amides is 2. The first kappa shape index (κ1) is 13.5. The van der Waals surface area contributed by atoms with Crippen molar-refractivity contribution in [2.75, 3.05) is 14.2 Å². The summed E-state index contributed by atoms with van der Waals surface area (Å²) in [6, 6.07) is 4.54. The molecule has 0 saturated carbocycles. The molecule has 0 aliphatic carbocycles. The van der Waals surface area contributed by atoms with Crippen LogP contribution in [0, 0.1) is 0 Å². The molecule has 0 spiro atoms. The van der Waals surface area contributed by atoms with Crippen LogP contribution in [0.5, 0.6) is 11.5 Å². The second-order valence-electron chi connectivity index (χ2n) is 3.21. The minimum Gasteiger partial charge on any atom is -0.504 e. The van der Waals surface area contributed by atoms with Crippen molar-refractivity contribution in [3.8, 4) is 11.5 Å². The first-order chi connectivity index (χ1) is 8.58. The fourth-order valence-electron chi connectivity index (χ4n) is 1.10. The van der Waals surface area contributed by atoms with Crippen LogP contribution in [-0.2, 0) is 9.59 Å². The number of ether oxygens (including phenoxy) is 1. The highest BCUT2D eigenvalue weighted by Crippen LogP contribution is 2.25. The molecule has 3 N–H and O–H groups in total. The van der Waals surface area contributed by atoms with Crippen molar-refractivity contribution in [3.63, 3.8) is 0 Å². The van der Waals surface area contributed by atoms with Crippen molar-refractivity contribution in [1.29, 1.82) is 0 Å². The van der Waals surface area contributed by atoms with Crippen molar-refractivity contribution >= 4 is 18.0 Å². The average molecular weight is 251 g/mol. The lowest BCUT2D eigenvalue weighted by Crippen LogP contribution is -2.35. The minimum absolute atomic E-state index is 0.00375. The zero-order valence-electron chi connectivity index (χ0n) is 9.93. The third kappa shape index (κ3) is 3.48. The second kappa shape index (κ2) is 6.24. The van der Waals surface area contributed by atoms with Gasteiger partial charge in [-0.3, -0.25) is 9.59 Å². The Hall–Kier alpha value is -2.57. The molecule has 0 aliphatic rings. The molecule has 1 aromatic rings. The first-order valence-electron chi connectivity index (χ1n) is 5.00. The summed E-state index contributed by atoms with van der Waals surface area (Å²) in [6.07, 6.45) is 1.32. The number of methoxy groups -OCH3 is 1. The van der Waals surface area contributed by atoms with Crippen molar-refractivity contribution in [2.24, 2.45) is 5.10 Å². The van der Waals surface area contributed by atoms with Gasteiger partial charge in [0, 0.05) is 7.05 Å². The molecule has 18 heavy (non-hydrogen) atoms. The molecule has 0 aromatic heterocycles. The summed E-state index contributed by atoms with van der Waals surface area (Å²) in [4.78, 5) is 21.9. The minimum atomic E-state index is -0.862. The Morgan fingerprint density at radius 3 is 2.72 bits per heavy atom. The molecule has 0 aliphatic heterocycles. The number of nitrogens with zero attached hydrogens (tertiary/aromatic N) is 1. The summed E-state index contributed by atoms with van der Waals surface area (Å²) in [5.41, 5.74) is 2.65. The van der Waals surface area contributed by atoms with Crippen LogP contribution < -0.4 is 15.5 Å². The van der Waals surface area contributed by atoms with Gasteiger partial charge in [-0.2, -0.15) is 5.10 Å². The van der Waals surface area contributed by atoms with Crippen molar-refractivity contribution < 1.29 is 19.4 Å². The Morgan fingerprint density at radius 2 is 2.11 bits per heavy atom. The Bertz CT molecular complexity index is 485. The van der Waals surface area contributed by atoms with Gasteiger partial charge >= 0.3 is 11.8 Å². The molecular formula is C11H13N3O4. The van der Waals surface area contributed by atoms with E-state index in [1.165, 1.54) is 32.5 Å². The lowest BCUT2D eigenvalue weighted by atomic mass is 10.2. The second-order valence-corrected chi connectivity index (χ2v) is 3.21. The maximum absolute atomic E-state index is 11.0. The molecule has 7 heteroatoms. The molecule has 0 radical (unpaired) electrons. The highest BCUT2D eigenvalue weighted by atomic mass is 16.5. The number of hydrazone groups is 1. The lowest BCUT2D eigenvalue weighted by Gasteiger charge is -2.03. The van der Waals surface area contributed by atoms with Gasteiger partial charge in [0.1, 0.15) is 0 Å². The smallest absolute Gasteiger partial charge is 0.329 e. The molecule has 96 valence electrons. The molecule has 0 heterocycles. The molecule has 1 aromatic carbocycles. The molecule has 0 saturated heterocycles. The Kier molecular flexibility index (Phi) is 4.67. The van der Waals surface area contributed by atoms with E-state index < -0.39 is 11.8 Å². The molecular weight excluding hydrogens is 238 g/mol. The average Bonchev–Trinajstić information content (AvgIpc) is 2.39. The van der Waals surface area contributed by atoms with Gasteiger partial charge in [0.2, 0.25) is 0 Å². The van der Waals surface area contributed by atoms with Gasteiger partial charge in [-0.25, -0.2) is 5.43 Å². The molecule has 0 unspecified atom stereocenters. The number of aromatic hydroxyl groups is 1. The normalized spacial score (nSPS) is 10.1. The fraction of sp³-hybridized carbons (Fsp3) is 0.182. The summed E-state index contributed by atoms with van der Waals surface area (Å²) in [6.45, 7) is 0. The molecule has 2 amide bonds. The van der Waals surface area contributed by atoms with E-state index >= 15 is 0 Å². The van der Waals surface area contributed by atoms with Crippen LogP contribution in [-0.4, -0.2) is 37.3 Å². The Balaban J connectivity index is 2.68. The topological polar surface area (TPSA) is 100 Å². The van der Waals surface area contributed by atoms with Gasteiger partial charge in [0.05, 0.1) is 13.3 Å².